The number of amides is 1. The maximum Gasteiger partial charge on any atom is 0.471 e. The molecule has 4 atom stereocenters. The summed E-state index contributed by atoms with van der Waals surface area (Å²) in [5, 5.41) is 7.85. The lowest BCUT2D eigenvalue weighted by Crippen LogP contribution is -2.56. The highest BCUT2D eigenvalue weighted by Crippen LogP contribution is 2.55. The molecule has 1 unspecified atom stereocenters. The zero-order valence-corrected chi connectivity index (χ0v) is 18.6. The van der Waals surface area contributed by atoms with Crippen LogP contribution in [-0.2, 0) is 22.2 Å². The van der Waals surface area contributed by atoms with Crippen molar-refractivity contribution >= 4 is 44.8 Å². The molecule has 0 aromatic carbocycles. The van der Waals surface area contributed by atoms with Gasteiger partial charge in [-0.05, 0) is 18.6 Å². The number of alkyl halides is 4. The number of rotatable bonds is 1. The van der Waals surface area contributed by atoms with Crippen molar-refractivity contribution in [3.8, 4) is 0 Å². The van der Waals surface area contributed by atoms with Gasteiger partial charge in [0.25, 0.3) is 0 Å². The number of carbonyl (C=O) groups is 1. The zero-order chi connectivity index (χ0) is 21.1. The first kappa shape index (κ1) is 21.1. The lowest BCUT2D eigenvalue weighted by molar-refractivity contribution is -0.201. The Morgan fingerprint density at radius 1 is 1.45 bits per heavy atom. The largest absolute Gasteiger partial charge is 0.471 e. The van der Waals surface area contributed by atoms with E-state index >= 15 is 0 Å². The SMILES string of the molecule is C[C@H]1C[C@@]2(C[C@@H](c3cn(C)nn3)N1C(=O)C(F)(F)F)OCC(Br)c1cc(Cl)sc12. The molecule has 1 amide bonds. The summed E-state index contributed by atoms with van der Waals surface area (Å²) in [6, 6.07) is 0.202. The van der Waals surface area contributed by atoms with Crippen molar-refractivity contribution in [1.29, 1.82) is 0 Å². The fourth-order valence-electron chi connectivity index (χ4n) is 4.28. The van der Waals surface area contributed by atoms with Gasteiger partial charge in [-0.25, -0.2) is 0 Å². The van der Waals surface area contributed by atoms with E-state index in [0.717, 1.165) is 15.3 Å². The molecule has 12 heteroatoms. The quantitative estimate of drug-likeness (QED) is 0.527. The maximum atomic E-state index is 13.3. The molecule has 0 bridgehead atoms. The summed E-state index contributed by atoms with van der Waals surface area (Å²) in [6.45, 7) is 1.96. The average Bonchev–Trinajstić information content (AvgIpc) is 3.23. The van der Waals surface area contributed by atoms with Crippen LogP contribution in [0, 0.1) is 0 Å². The first-order valence-electron chi connectivity index (χ1n) is 8.85. The lowest BCUT2D eigenvalue weighted by atomic mass is 9.77. The normalized spacial score (nSPS) is 29.9. The van der Waals surface area contributed by atoms with Gasteiger partial charge in [0.15, 0.2) is 0 Å². The summed E-state index contributed by atoms with van der Waals surface area (Å²) in [6.07, 6.45) is -3.08. The van der Waals surface area contributed by atoms with Crippen LogP contribution in [0.3, 0.4) is 0 Å². The van der Waals surface area contributed by atoms with Gasteiger partial charge >= 0.3 is 12.1 Å². The number of thiophene rings is 1. The fraction of sp³-hybridized carbons (Fsp3) is 0.588. The van der Waals surface area contributed by atoms with Gasteiger partial charge in [0.2, 0.25) is 0 Å². The van der Waals surface area contributed by atoms with Crippen LogP contribution in [0.15, 0.2) is 12.3 Å². The molecule has 1 fully saturated rings. The second-order valence-corrected chi connectivity index (χ2v) is 10.2. The molecule has 1 saturated heterocycles. The third-order valence-corrected chi connectivity index (χ3v) is 7.61. The van der Waals surface area contributed by atoms with Crippen molar-refractivity contribution in [2.75, 3.05) is 6.61 Å². The van der Waals surface area contributed by atoms with Crippen LogP contribution in [0.1, 0.15) is 46.8 Å². The molecule has 2 aromatic rings. The van der Waals surface area contributed by atoms with Crippen LogP contribution >= 0.6 is 38.9 Å². The van der Waals surface area contributed by atoms with E-state index in [1.807, 2.05) is 6.07 Å². The first-order valence-corrected chi connectivity index (χ1v) is 11.0. The summed E-state index contributed by atoms with van der Waals surface area (Å²) in [4.78, 5) is 14.0. The number of hydrogen-bond acceptors (Lipinski definition) is 5. The molecule has 2 aliphatic rings. The molecular formula is C17H17BrClF3N4O2S. The molecule has 0 N–H and O–H groups in total. The Bertz CT molecular complexity index is 951. The maximum absolute atomic E-state index is 13.3. The molecule has 29 heavy (non-hydrogen) atoms. The number of fused-ring (bicyclic) bond motifs is 2. The van der Waals surface area contributed by atoms with Crippen LogP contribution < -0.4 is 0 Å². The standard InChI is InChI=1S/C17H17BrClF3N4O2S/c1-8-4-16(14-9(3-13(19)29-14)10(18)7-28-16)5-12(11-6-25(2)24-23-11)26(8)15(27)17(20,21)22/h3,6,8,10,12H,4-5,7H2,1-2H3/t8-,10?,12-,16-/m0/s1. The van der Waals surface area contributed by atoms with Crippen LogP contribution in [-0.4, -0.2) is 44.6 Å². The predicted octanol–water partition coefficient (Wildman–Crippen LogP) is 4.51. The highest BCUT2D eigenvalue weighted by atomic mass is 79.9. The monoisotopic (exact) mass is 512 g/mol. The number of carbonyl (C=O) groups excluding carboxylic acids is 1. The molecule has 0 aliphatic carbocycles. The molecular weight excluding hydrogens is 497 g/mol. The lowest BCUT2D eigenvalue weighted by Gasteiger charge is -2.51. The molecule has 158 valence electrons. The van der Waals surface area contributed by atoms with E-state index in [1.165, 1.54) is 22.2 Å². The summed E-state index contributed by atoms with van der Waals surface area (Å²) in [5.41, 5.74) is 0.429. The van der Waals surface area contributed by atoms with Crippen LogP contribution in [0.5, 0.6) is 0 Å². The minimum atomic E-state index is -4.98. The Kier molecular flexibility index (Phi) is 5.24. The smallest absolute Gasteiger partial charge is 0.368 e. The van der Waals surface area contributed by atoms with Gasteiger partial charge in [-0.15, -0.1) is 16.4 Å². The Hall–Kier alpha value is -1.17. The molecule has 2 aromatic heterocycles. The van der Waals surface area contributed by atoms with E-state index in [0.29, 0.717) is 16.6 Å². The van der Waals surface area contributed by atoms with Gasteiger partial charge in [0.1, 0.15) is 11.3 Å². The molecule has 4 rings (SSSR count). The van der Waals surface area contributed by atoms with Crippen molar-refractivity contribution in [3.05, 3.63) is 32.7 Å². The van der Waals surface area contributed by atoms with Crippen LogP contribution in [0.4, 0.5) is 13.2 Å². The van der Waals surface area contributed by atoms with Crippen LogP contribution in [0.2, 0.25) is 4.34 Å². The van der Waals surface area contributed by atoms with Gasteiger partial charge in [0.05, 0.1) is 28.0 Å². The highest BCUT2D eigenvalue weighted by molar-refractivity contribution is 9.09. The highest BCUT2D eigenvalue weighted by Gasteiger charge is 2.55. The minimum absolute atomic E-state index is 0.0491. The van der Waals surface area contributed by atoms with Crippen molar-refractivity contribution in [1.82, 2.24) is 19.9 Å². The van der Waals surface area contributed by atoms with E-state index in [2.05, 4.69) is 26.2 Å². The molecule has 1 spiro atoms. The molecule has 0 radical (unpaired) electrons. The van der Waals surface area contributed by atoms with E-state index < -0.39 is 29.8 Å². The number of halogens is 5. The van der Waals surface area contributed by atoms with Gasteiger partial charge in [-0.2, -0.15) is 13.2 Å². The number of nitrogens with zero attached hydrogens (tertiary/aromatic N) is 4. The van der Waals surface area contributed by atoms with Gasteiger partial charge < -0.3 is 9.64 Å². The van der Waals surface area contributed by atoms with Gasteiger partial charge in [0, 0.05) is 30.8 Å². The van der Waals surface area contributed by atoms with Crippen molar-refractivity contribution < 1.29 is 22.7 Å². The topological polar surface area (TPSA) is 60.2 Å². The van der Waals surface area contributed by atoms with Crippen molar-refractivity contribution in [2.24, 2.45) is 7.05 Å². The Morgan fingerprint density at radius 3 is 2.79 bits per heavy atom. The van der Waals surface area contributed by atoms with E-state index in [-0.39, 0.29) is 17.7 Å². The number of piperidine rings is 1. The molecule has 6 nitrogen and oxygen atoms in total. The number of aryl methyl sites for hydroxylation is 1. The van der Waals surface area contributed by atoms with Crippen molar-refractivity contribution in [2.45, 2.75) is 48.5 Å². The van der Waals surface area contributed by atoms with Crippen LogP contribution in [0.25, 0.3) is 0 Å². The third kappa shape index (κ3) is 3.60. The van der Waals surface area contributed by atoms with Gasteiger partial charge in [-0.3, -0.25) is 9.48 Å². The molecule has 2 aliphatic heterocycles. The second-order valence-electron chi connectivity index (χ2n) is 7.41. The minimum Gasteiger partial charge on any atom is -0.368 e. The van der Waals surface area contributed by atoms with Gasteiger partial charge in [-0.1, -0.05) is 32.7 Å². The van der Waals surface area contributed by atoms with E-state index in [1.54, 1.807) is 14.0 Å². The Labute approximate surface area is 182 Å². The van der Waals surface area contributed by atoms with E-state index in [4.69, 9.17) is 16.3 Å². The number of hydrogen-bond donors (Lipinski definition) is 0. The average molecular weight is 514 g/mol. The zero-order valence-electron chi connectivity index (χ0n) is 15.4. The molecule has 0 saturated carbocycles. The predicted molar refractivity (Wildman–Crippen MR) is 104 cm³/mol. The summed E-state index contributed by atoms with van der Waals surface area (Å²) < 4.78 is 48.3. The summed E-state index contributed by atoms with van der Waals surface area (Å²) in [7, 11) is 1.62. The fourth-order valence-corrected chi connectivity index (χ4v) is 6.39. The number of likely N-dealkylation sites (tertiary alicyclic amines) is 1. The number of aromatic nitrogens is 3. The summed E-state index contributed by atoms with van der Waals surface area (Å²) in [5.74, 6) is -1.88. The Morgan fingerprint density at radius 2 is 2.17 bits per heavy atom. The summed E-state index contributed by atoms with van der Waals surface area (Å²) >= 11 is 11.2. The second kappa shape index (κ2) is 7.21. The first-order chi connectivity index (χ1) is 13.5. The molecule has 4 heterocycles. The Balaban J connectivity index is 1.81. The van der Waals surface area contributed by atoms with E-state index in [9.17, 15) is 18.0 Å². The third-order valence-electron chi connectivity index (χ3n) is 5.39. The van der Waals surface area contributed by atoms with Crippen molar-refractivity contribution in [3.63, 3.8) is 0 Å². The number of ether oxygens (including phenoxy) is 1.